The number of aryl methyl sites for hydroxylation is 2. The fourth-order valence-corrected chi connectivity index (χ4v) is 2.89. The number of carbonyl (C=O) groups excluding carboxylic acids is 1. The lowest BCUT2D eigenvalue weighted by atomic mass is 10.1. The Morgan fingerprint density at radius 2 is 2.22 bits per heavy atom. The number of aromatic amines is 1. The van der Waals surface area contributed by atoms with Crippen LogP contribution in [0.1, 0.15) is 53.8 Å². The van der Waals surface area contributed by atoms with Gasteiger partial charge in [0, 0.05) is 12.2 Å². The van der Waals surface area contributed by atoms with Gasteiger partial charge in [-0.15, -0.1) is 0 Å². The van der Waals surface area contributed by atoms with E-state index in [2.05, 4.69) is 20.4 Å². The number of nitrogens with zero attached hydrogens (tertiary/aromatic N) is 3. The van der Waals surface area contributed by atoms with Crippen molar-refractivity contribution < 1.29 is 4.79 Å². The van der Waals surface area contributed by atoms with Crippen LogP contribution in [-0.2, 0) is 12.8 Å². The molecular weight excluding hydrogens is 294 g/mol. The molecule has 0 unspecified atom stereocenters. The van der Waals surface area contributed by atoms with Crippen LogP contribution in [0, 0.1) is 0 Å². The van der Waals surface area contributed by atoms with Crippen LogP contribution in [-0.4, -0.2) is 32.2 Å². The molecule has 0 aliphatic heterocycles. The van der Waals surface area contributed by atoms with Crippen LogP contribution in [0.25, 0.3) is 0 Å². The number of aromatic nitrogens is 4. The van der Waals surface area contributed by atoms with Gasteiger partial charge in [-0.05, 0) is 44.2 Å². The van der Waals surface area contributed by atoms with Gasteiger partial charge < -0.3 is 10.3 Å². The second-order valence-corrected chi connectivity index (χ2v) is 6.01. The lowest BCUT2D eigenvalue weighted by Crippen LogP contribution is -2.34. The molecule has 0 fully saturated rings. The Bertz CT molecular complexity index is 735. The molecule has 1 atom stereocenters. The third kappa shape index (κ3) is 3.49. The lowest BCUT2D eigenvalue weighted by Gasteiger charge is -2.13. The van der Waals surface area contributed by atoms with Crippen LogP contribution in [0.15, 0.2) is 23.5 Å². The summed E-state index contributed by atoms with van der Waals surface area (Å²) in [7, 11) is 0. The van der Waals surface area contributed by atoms with E-state index in [0.717, 1.165) is 43.4 Å². The highest BCUT2D eigenvalue weighted by Crippen LogP contribution is 2.18. The molecule has 2 aromatic rings. The highest BCUT2D eigenvalue weighted by atomic mass is 16.2. The Kier molecular flexibility index (Phi) is 4.55. The molecule has 2 N–H and O–H groups in total. The van der Waals surface area contributed by atoms with Crippen LogP contribution in [0.5, 0.6) is 0 Å². The van der Waals surface area contributed by atoms with Gasteiger partial charge in [0.2, 0.25) is 0 Å². The van der Waals surface area contributed by atoms with E-state index in [4.69, 9.17) is 0 Å². The van der Waals surface area contributed by atoms with Crippen molar-refractivity contribution in [2.24, 2.45) is 0 Å². The molecule has 23 heavy (non-hydrogen) atoms. The van der Waals surface area contributed by atoms with Gasteiger partial charge in [0.05, 0.1) is 6.04 Å². The number of hydrogen-bond acceptors (Lipinski definition) is 4. The predicted molar refractivity (Wildman–Crippen MR) is 85.4 cm³/mol. The molecule has 1 aliphatic carbocycles. The maximum Gasteiger partial charge on any atom is 0.261 e. The molecule has 0 saturated heterocycles. The largest absolute Gasteiger partial charge is 0.350 e. The van der Waals surface area contributed by atoms with Crippen molar-refractivity contribution in [1.29, 1.82) is 0 Å². The zero-order valence-corrected chi connectivity index (χ0v) is 13.2. The van der Waals surface area contributed by atoms with Crippen molar-refractivity contribution >= 4 is 5.91 Å². The molecule has 7 heteroatoms. The first-order valence-corrected chi connectivity index (χ1v) is 8.02. The van der Waals surface area contributed by atoms with Gasteiger partial charge in [-0.3, -0.25) is 9.59 Å². The van der Waals surface area contributed by atoms with E-state index in [9.17, 15) is 9.59 Å². The molecule has 2 aromatic heterocycles. The van der Waals surface area contributed by atoms with E-state index in [1.54, 1.807) is 17.1 Å². The van der Waals surface area contributed by atoms with Gasteiger partial charge in [0.15, 0.2) is 0 Å². The minimum atomic E-state index is -0.342. The Labute approximate surface area is 134 Å². The van der Waals surface area contributed by atoms with Crippen LogP contribution in [0.3, 0.4) is 0 Å². The maximum atomic E-state index is 12.3. The molecule has 0 saturated carbocycles. The molecule has 0 spiro atoms. The second kappa shape index (κ2) is 6.76. The molecule has 1 aliphatic rings. The van der Waals surface area contributed by atoms with Crippen molar-refractivity contribution in [3.8, 4) is 0 Å². The molecule has 3 rings (SSSR count). The number of hydrogen-bond donors (Lipinski definition) is 2. The number of fused-ring (bicyclic) bond motifs is 1. The molecule has 1 amide bonds. The minimum Gasteiger partial charge on any atom is -0.350 e. The van der Waals surface area contributed by atoms with Crippen LogP contribution >= 0.6 is 0 Å². The number of rotatable bonds is 4. The van der Waals surface area contributed by atoms with Gasteiger partial charge in [-0.25, -0.2) is 9.67 Å². The molecule has 0 bridgehead atoms. The lowest BCUT2D eigenvalue weighted by molar-refractivity contribution is 0.0946. The van der Waals surface area contributed by atoms with Gasteiger partial charge in [0.25, 0.3) is 11.5 Å². The number of amides is 1. The third-order valence-corrected chi connectivity index (χ3v) is 4.28. The van der Waals surface area contributed by atoms with Gasteiger partial charge in [-0.2, -0.15) is 5.10 Å². The summed E-state index contributed by atoms with van der Waals surface area (Å²) >= 11 is 0. The smallest absolute Gasteiger partial charge is 0.261 e. The number of nitrogens with one attached hydrogen (secondary N) is 2. The van der Waals surface area contributed by atoms with Crippen molar-refractivity contribution in [2.45, 2.75) is 45.1 Å². The van der Waals surface area contributed by atoms with Gasteiger partial charge in [-0.1, -0.05) is 6.42 Å². The quantitative estimate of drug-likeness (QED) is 0.830. The average Bonchev–Trinajstić information content (AvgIpc) is 2.99. The van der Waals surface area contributed by atoms with E-state index in [1.165, 1.54) is 6.33 Å². The summed E-state index contributed by atoms with van der Waals surface area (Å²) in [5.74, 6) is -0.342. The Balaban J connectivity index is 1.72. The first-order valence-electron chi connectivity index (χ1n) is 8.02. The van der Waals surface area contributed by atoms with Gasteiger partial charge in [0.1, 0.15) is 18.2 Å². The Hall–Kier alpha value is -2.44. The fourth-order valence-electron chi connectivity index (χ4n) is 2.89. The maximum absolute atomic E-state index is 12.3. The average molecular weight is 315 g/mol. The molecule has 0 aromatic carbocycles. The first-order chi connectivity index (χ1) is 11.1. The minimum absolute atomic E-state index is 0.0265. The number of carbonyl (C=O) groups is 1. The van der Waals surface area contributed by atoms with E-state index in [-0.39, 0.29) is 23.1 Å². The van der Waals surface area contributed by atoms with Crippen LogP contribution in [0.2, 0.25) is 0 Å². The molecular formula is C16H21N5O2. The summed E-state index contributed by atoms with van der Waals surface area (Å²) in [6, 6.07) is 1.73. The van der Waals surface area contributed by atoms with Crippen LogP contribution in [0.4, 0.5) is 0 Å². The third-order valence-electron chi connectivity index (χ3n) is 4.28. The summed E-state index contributed by atoms with van der Waals surface area (Å²) in [6.07, 6.45) is 8.21. The van der Waals surface area contributed by atoms with Crippen LogP contribution < -0.4 is 10.9 Å². The topological polar surface area (TPSA) is 92.7 Å². The molecule has 2 heterocycles. The Morgan fingerprint density at radius 1 is 1.39 bits per heavy atom. The van der Waals surface area contributed by atoms with E-state index in [0.29, 0.717) is 6.54 Å². The Morgan fingerprint density at radius 3 is 3.00 bits per heavy atom. The van der Waals surface area contributed by atoms with Crippen molar-refractivity contribution in [3.05, 3.63) is 45.9 Å². The van der Waals surface area contributed by atoms with Gasteiger partial charge >= 0.3 is 0 Å². The summed E-state index contributed by atoms with van der Waals surface area (Å²) in [5, 5.41) is 6.84. The van der Waals surface area contributed by atoms with Crippen molar-refractivity contribution in [1.82, 2.24) is 25.1 Å². The standard InChI is InChI=1S/C16H21N5O2/c1-11(21-10-17-9-19-21)8-18-15(22)13-7-12-5-3-2-4-6-14(12)20-16(13)23/h7,9-11H,2-6,8H2,1H3,(H,18,22)(H,20,23)/t11-/m1/s1. The summed E-state index contributed by atoms with van der Waals surface area (Å²) < 4.78 is 1.67. The monoisotopic (exact) mass is 315 g/mol. The normalized spacial score (nSPS) is 15.5. The summed E-state index contributed by atoms with van der Waals surface area (Å²) in [5.41, 5.74) is 1.96. The highest BCUT2D eigenvalue weighted by Gasteiger charge is 2.17. The molecule has 0 radical (unpaired) electrons. The molecule has 122 valence electrons. The summed E-state index contributed by atoms with van der Waals surface area (Å²) in [4.78, 5) is 31.3. The SMILES string of the molecule is C[C@H](CNC(=O)c1cc2c([nH]c1=O)CCCCC2)n1cncn1. The number of H-pyrrole nitrogens is 1. The highest BCUT2D eigenvalue weighted by molar-refractivity contribution is 5.94. The van der Waals surface area contributed by atoms with Crippen molar-refractivity contribution in [2.75, 3.05) is 6.54 Å². The van der Waals surface area contributed by atoms with Crippen molar-refractivity contribution in [3.63, 3.8) is 0 Å². The molecule has 7 nitrogen and oxygen atoms in total. The van der Waals surface area contributed by atoms with E-state index in [1.807, 2.05) is 6.92 Å². The van der Waals surface area contributed by atoms with E-state index >= 15 is 0 Å². The zero-order chi connectivity index (χ0) is 16.2. The first kappa shape index (κ1) is 15.5. The van der Waals surface area contributed by atoms with E-state index < -0.39 is 0 Å². The fraction of sp³-hybridized carbons (Fsp3) is 0.500. The number of pyridine rings is 1. The summed E-state index contributed by atoms with van der Waals surface area (Å²) in [6.45, 7) is 2.31. The predicted octanol–water partition coefficient (Wildman–Crippen LogP) is 1.23. The second-order valence-electron chi connectivity index (χ2n) is 6.01. The zero-order valence-electron chi connectivity index (χ0n) is 13.2.